The Balaban J connectivity index is 2.48. The molecule has 2 aromatic rings. The Morgan fingerprint density at radius 1 is 1.06 bits per heavy atom. The van der Waals surface area contributed by atoms with E-state index in [9.17, 15) is 0 Å². The molecule has 2 rings (SSSR count). The van der Waals surface area contributed by atoms with Gasteiger partial charge in [-0.3, -0.25) is 0 Å². The summed E-state index contributed by atoms with van der Waals surface area (Å²) in [5.74, 6) is 0.652. The number of hydrogen-bond donors (Lipinski definition) is 0. The summed E-state index contributed by atoms with van der Waals surface area (Å²) in [6.07, 6.45) is 2.48. The standard InChI is InChI=1S/C16H18Br2/c1-3-6-11(2)16(18)14-9-10-15(17)13-8-5-4-7-12(13)14/h4-5,7-11,16H,3,6H2,1-2H3. The molecule has 0 aliphatic carbocycles. The monoisotopic (exact) mass is 368 g/mol. The zero-order chi connectivity index (χ0) is 13.1. The molecule has 2 unspecified atom stereocenters. The SMILES string of the molecule is CCCC(C)C(Br)c1ccc(Br)c2ccccc12. The van der Waals surface area contributed by atoms with E-state index < -0.39 is 0 Å². The van der Waals surface area contributed by atoms with E-state index in [2.05, 4.69) is 82.1 Å². The third kappa shape index (κ3) is 2.80. The predicted octanol–water partition coefficient (Wildman–Crippen LogP) is 6.47. The van der Waals surface area contributed by atoms with E-state index in [1.54, 1.807) is 0 Å². The van der Waals surface area contributed by atoms with E-state index in [1.807, 2.05) is 0 Å². The van der Waals surface area contributed by atoms with Gasteiger partial charge in [-0.05, 0) is 34.7 Å². The lowest BCUT2D eigenvalue weighted by molar-refractivity contribution is 0.520. The van der Waals surface area contributed by atoms with Crippen LogP contribution in [-0.2, 0) is 0 Å². The van der Waals surface area contributed by atoms with Crippen molar-refractivity contribution in [1.29, 1.82) is 0 Å². The second-order valence-corrected chi connectivity index (χ2v) is 6.69. The molecule has 0 aliphatic heterocycles. The van der Waals surface area contributed by atoms with Gasteiger partial charge in [0.25, 0.3) is 0 Å². The van der Waals surface area contributed by atoms with Crippen molar-refractivity contribution in [3.05, 3.63) is 46.4 Å². The minimum atomic E-state index is 0.426. The third-order valence-electron chi connectivity index (χ3n) is 3.45. The van der Waals surface area contributed by atoms with E-state index >= 15 is 0 Å². The van der Waals surface area contributed by atoms with Crippen LogP contribution in [0, 0.1) is 5.92 Å². The maximum Gasteiger partial charge on any atom is 0.0427 e. The highest BCUT2D eigenvalue weighted by molar-refractivity contribution is 9.10. The summed E-state index contributed by atoms with van der Waals surface area (Å²) in [6.45, 7) is 4.57. The van der Waals surface area contributed by atoms with Crippen LogP contribution in [0.5, 0.6) is 0 Å². The molecule has 2 atom stereocenters. The van der Waals surface area contributed by atoms with Crippen molar-refractivity contribution in [3.8, 4) is 0 Å². The summed E-state index contributed by atoms with van der Waals surface area (Å²) in [5.41, 5.74) is 1.40. The minimum Gasteiger partial charge on any atom is -0.0836 e. The van der Waals surface area contributed by atoms with Crippen LogP contribution in [0.4, 0.5) is 0 Å². The third-order valence-corrected chi connectivity index (χ3v) is 5.53. The first-order valence-corrected chi connectivity index (χ1v) is 8.17. The van der Waals surface area contributed by atoms with Crippen LogP contribution < -0.4 is 0 Å². The molecule has 0 spiro atoms. The lowest BCUT2D eigenvalue weighted by Crippen LogP contribution is -2.03. The molecule has 0 aromatic heterocycles. The van der Waals surface area contributed by atoms with Crippen molar-refractivity contribution in [2.75, 3.05) is 0 Å². The van der Waals surface area contributed by atoms with Crippen molar-refractivity contribution in [2.24, 2.45) is 5.92 Å². The maximum atomic E-state index is 3.88. The Hall–Kier alpha value is -0.340. The summed E-state index contributed by atoms with van der Waals surface area (Å²) < 4.78 is 1.17. The Labute approximate surface area is 126 Å². The average molecular weight is 370 g/mol. The minimum absolute atomic E-state index is 0.426. The summed E-state index contributed by atoms with van der Waals surface area (Å²) in [4.78, 5) is 0.426. The highest BCUT2D eigenvalue weighted by Gasteiger charge is 2.18. The Morgan fingerprint density at radius 3 is 2.39 bits per heavy atom. The molecule has 96 valence electrons. The van der Waals surface area contributed by atoms with Gasteiger partial charge in [0.05, 0.1) is 0 Å². The zero-order valence-corrected chi connectivity index (χ0v) is 14.0. The fourth-order valence-electron chi connectivity index (χ4n) is 2.43. The van der Waals surface area contributed by atoms with Gasteiger partial charge < -0.3 is 0 Å². The predicted molar refractivity (Wildman–Crippen MR) is 87.4 cm³/mol. The van der Waals surface area contributed by atoms with E-state index in [0.717, 1.165) is 0 Å². The normalized spacial score (nSPS) is 14.7. The fraction of sp³-hybridized carbons (Fsp3) is 0.375. The Morgan fingerprint density at radius 2 is 1.72 bits per heavy atom. The second-order valence-electron chi connectivity index (χ2n) is 4.85. The lowest BCUT2D eigenvalue weighted by atomic mass is 9.93. The van der Waals surface area contributed by atoms with Crippen LogP contribution >= 0.6 is 31.9 Å². The molecule has 0 saturated heterocycles. The quantitative estimate of drug-likeness (QED) is 0.541. The van der Waals surface area contributed by atoms with Crippen LogP contribution in [0.15, 0.2) is 40.9 Å². The van der Waals surface area contributed by atoms with Crippen LogP contribution in [0.3, 0.4) is 0 Å². The molecule has 0 amide bonds. The van der Waals surface area contributed by atoms with Crippen molar-refractivity contribution in [2.45, 2.75) is 31.5 Å². The first-order valence-electron chi connectivity index (χ1n) is 6.46. The van der Waals surface area contributed by atoms with E-state index in [-0.39, 0.29) is 0 Å². The molecule has 0 heterocycles. The first-order chi connectivity index (χ1) is 8.65. The molecule has 0 nitrogen and oxygen atoms in total. The molecule has 0 fully saturated rings. The van der Waals surface area contributed by atoms with E-state index in [1.165, 1.54) is 33.7 Å². The highest BCUT2D eigenvalue weighted by atomic mass is 79.9. The van der Waals surface area contributed by atoms with Gasteiger partial charge in [-0.1, -0.05) is 82.5 Å². The summed E-state index contributed by atoms with van der Waals surface area (Å²) in [7, 11) is 0. The zero-order valence-electron chi connectivity index (χ0n) is 10.8. The van der Waals surface area contributed by atoms with Gasteiger partial charge in [0.15, 0.2) is 0 Å². The van der Waals surface area contributed by atoms with E-state index in [4.69, 9.17) is 0 Å². The largest absolute Gasteiger partial charge is 0.0836 e. The van der Waals surface area contributed by atoms with Gasteiger partial charge >= 0.3 is 0 Å². The maximum absolute atomic E-state index is 3.88. The molecule has 18 heavy (non-hydrogen) atoms. The summed E-state index contributed by atoms with van der Waals surface area (Å²) in [5, 5.41) is 2.64. The smallest absolute Gasteiger partial charge is 0.0427 e. The van der Waals surface area contributed by atoms with Crippen molar-refractivity contribution < 1.29 is 0 Å². The molecule has 2 heteroatoms. The molecule has 2 aromatic carbocycles. The number of alkyl halides is 1. The number of fused-ring (bicyclic) bond motifs is 1. The number of rotatable bonds is 4. The van der Waals surface area contributed by atoms with Gasteiger partial charge in [-0.15, -0.1) is 0 Å². The Bertz CT molecular complexity index is 534. The molecular weight excluding hydrogens is 352 g/mol. The number of benzene rings is 2. The Kier molecular flexibility index (Phi) is 4.85. The highest BCUT2D eigenvalue weighted by Crippen LogP contribution is 2.39. The van der Waals surface area contributed by atoms with Crippen LogP contribution in [0.25, 0.3) is 10.8 Å². The first kappa shape index (κ1) is 14.1. The number of hydrogen-bond acceptors (Lipinski definition) is 0. The van der Waals surface area contributed by atoms with E-state index in [0.29, 0.717) is 10.7 Å². The molecule has 0 N–H and O–H groups in total. The van der Waals surface area contributed by atoms with Crippen molar-refractivity contribution in [3.63, 3.8) is 0 Å². The molecule has 0 bridgehead atoms. The average Bonchev–Trinajstić information content (AvgIpc) is 2.39. The fourth-order valence-corrected chi connectivity index (χ4v) is 3.58. The second kappa shape index (κ2) is 6.21. The topological polar surface area (TPSA) is 0 Å². The summed E-state index contributed by atoms with van der Waals surface area (Å²) >= 11 is 7.52. The lowest BCUT2D eigenvalue weighted by Gasteiger charge is -2.20. The summed E-state index contributed by atoms with van der Waals surface area (Å²) in [6, 6.07) is 13.0. The van der Waals surface area contributed by atoms with Gasteiger partial charge in [-0.25, -0.2) is 0 Å². The molecule has 0 aliphatic rings. The molecule has 0 radical (unpaired) electrons. The molecular formula is C16H18Br2. The van der Waals surface area contributed by atoms with Crippen LogP contribution in [0.2, 0.25) is 0 Å². The number of halogens is 2. The van der Waals surface area contributed by atoms with Crippen LogP contribution in [0.1, 0.15) is 37.1 Å². The van der Waals surface area contributed by atoms with Crippen LogP contribution in [-0.4, -0.2) is 0 Å². The van der Waals surface area contributed by atoms with Gasteiger partial charge in [0, 0.05) is 9.30 Å². The van der Waals surface area contributed by atoms with Gasteiger partial charge in [-0.2, -0.15) is 0 Å². The van der Waals surface area contributed by atoms with Crippen molar-refractivity contribution in [1.82, 2.24) is 0 Å². The van der Waals surface area contributed by atoms with Gasteiger partial charge in [0.2, 0.25) is 0 Å². The van der Waals surface area contributed by atoms with Crippen molar-refractivity contribution >= 4 is 42.6 Å². The van der Waals surface area contributed by atoms with Gasteiger partial charge in [0.1, 0.15) is 0 Å². The molecule has 0 saturated carbocycles.